The molecule has 0 radical (unpaired) electrons. The summed E-state index contributed by atoms with van der Waals surface area (Å²) in [6, 6.07) is 10.4. The van der Waals surface area contributed by atoms with E-state index in [1.165, 1.54) is 23.6 Å². The largest absolute Gasteiger partial charge is 0.385 e. The van der Waals surface area contributed by atoms with Crippen molar-refractivity contribution in [3.8, 4) is 0 Å². The van der Waals surface area contributed by atoms with Crippen LogP contribution in [0.4, 0.5) is 5.69 Å². The van der Waals surface area contributed by atoms with Crippen molar-refractivity contribution in [2.45, 2.75) is 12.8 Å². The van der Waals surface area contributed by atoms with Crippen molar-refractivity contribution in [1.82, 2.24) is 0 Å². The number of ether oxygens (including phenoxy) is 1. The number of hydrogen-bond acceptors (Lipinski definition) is 3. The quantitative estimate of drug-likeness (QED) is 0.668. The Morgan fingerprint density at radius 1 is 1.12 bits per heavy atom. The van der Waals surface area contributed by atoms with E-state index in [2.05, 4.69) is 29.6 Å². The van der Waals surface area contributed by atoms with Gasteiger partial charge < -0.3 is 10.1 Å². The lowest BCUT2D eigenvalue weighted by Gasteiger charge is -2.05. The van der Waals surface area contributed by atoms with Crippen molar-refractivity contribution in [1.29, 1.82) is 0 Å². The molecule has 0 bridgehead atoms. The van der Waals surface area contributed by atoms with Gasteiger partial charge in [0.1, 0.15) is 0 Å². The van der Waals surface area contributed by atoms with Crippen molar-refractivity contribution >= 4 is 17.4 Å². The van der Waals surface area contributed by atoms with Gasteiger partial charge in [0.05, 0.1) is 0 Å². The Labute approximate surface area is 103 Å². The minimum absolute atomic E-state index is 0.884. The normalized spacial score (nSPS) is 10.3. The minimum atomic E-state index is 0.884. The van der Waals surface area contributed by atoms with Crippen molar-refractivity contribution < 1.29 is 4.74 Å². The highest BCUT2D eigenvalue weighted by Crippen LogP contribution is 2.07. The Morgan fingerprint density at radius 3 is 2.62 bits per heavy atom. The van der Waals surface area contributed by atoms with Crippen LogP contribution in [0.1, 0.15) is 12.8 Å². The zero-order valence-corrected chi connectivity index (χ0v) is 10.8. The highest BCUT2D eigenvalue weighted by molar-refractivity contribution is 7.99. The predicted octanol–water partition coefficient (Wildman–Crippen LogP) is 3.26. The molecule has 1 rings (SSSR count). The Kier molecular flexibility index (Phi) is 7.99. The number of hydrogen-bond donors (Lipinski definition) is 1. The molecule has 0 aromatic heterocycles. The second-order valence-electron chi connectivity index (χ2n) is 3.61. The summed E-state index contributed by atoms with van der Waals surface area (Å²) in [7, 11) is 1.76. The van der Waals surface area contributed by atoms with E-state index < -0.39 is 0 Å². The van der Waals surface area contributed by atoms with Crippen LogP contribution in [0.25, 0.3) is 0 Å². The summed E-state index contributed by atoms with van der Waals surface area (Å²) in [5.41, 5.74) is 1.21. The molecule has 0 saturated carbocycles. The average Bonchev–Trinajstić information content (AvgIpc) is 2.34. The van der Waals surface area contributed by atoms with Gasteiger partial charge in [-0.2, -0.15) is 11.8 Å². The zero-order chi connectivity index (χ0) is 11.5. The molecule has 90 valence electrons. The molecule has 2 nitrogen and oxygen atoms in total. The molecular weight excluding hydrogens is 218 g/mol. The lowest BCUT2D eigenvalue weighted by atomic mass is 10.3. The summed E-state index contributed by atoms with van der Waals surface area (Å²) in [4.78, 5) is 0. The third kappa shape index (κ3) is 6.75. The number of thioether (sulfide) groups is 1. The summed E-state index contributed by atoms with van der Waals surface area (Å²) in [6.45, 7) is 1.94. The molecule has 0 saturated heterocycles. The van der Waals surface area contributed by atoms with E-state index in [-0.39, 0.29) is 0 Å². The maximum Gasteiger partial charge on any atom is 0.0470 e. The van der Waals surface area contributed by atoms with E-state index in [0.717, 1.165) is 19.6 Å². The van der Waals surface area contributed by atoms with Gasteiger partial charge in [0.15, 0.2) is 0 Å². The van der Waals surface area contributed by atoms with Crippen LogP contribution < -0.4 is 5.32 Å². The highest BCUT2D eigenvalue weighted by Gasteiger charge is 1.91. The van der Waals surface area contributed by atoms with Gasteiger partial charge >= 0.3 is 0 Å². The molecule has 16 heavy (non-hydrogen) atoms. The fourth-order valence-electron chi connectivity index (χ4n) is 1.37. The molecule has 0 heterocycles. The Hall–Kier alpha value is -0.670. The molecule has 0 aliphatic rings. The maximum absolute atomic E-state index is 5.00. The predicted molar refractivity (Wildman–Crippen MR) is 73.4 cm³/mol. The monoisotopic (exact) mass is 239 g/mol. The Balaban J connectivity index is 1.89. The van der Waals surface area contributed by atoms with E-state index in [4.69, 9.17) is 4.74 Å². The first-order valence-electron chi connectivity index (χ1n) is 5.79. The second kappa shape index (κ2) is 9.55. The molecule has 0 amide bonds. The Morgan fingerprint density at radius 2 is 1.88 bits per heavy atom. The topological polar surface area (TPSA) is 21.3 Å². The van der Waals surface area contributed by atoms with Gasteiger partial charge in [0.25, 0.3) is 0 Å². The van der Waals surface area contributed by atoms with Gasteiger partial charge in [-0.3, -0.25) is 0 Å². The average molecular weight is 239 g/mol. The van der Waals surface area contributed by atoms with Crippen LogP contribution in [0.3, 0.4) is 0 Å². The summed E-state index contributed by atoms with van der Waals surface area (Å²) < 4.78 is 5.00. The van der Waals surface area contributed by atoms with Gasteiger partial charge in [-0.15, -0.1) is 0 Å². The number of para-hydroxylation sites is 1. The van der Waals surface area contributed by atoms with Crippen LogP contribution in [-0.4, -0.2) is 31.8 Å². The second-order valence-corrected chi connectivity index (χ2v) is 4.83. The van der Waals surface area contributed by atoms with Crippen molar-refractivity contribution in [3.63, 3.8) is 0 Å². The molecule has 0 unspecified atom stereocenters. The van der Waals surface area contributed by atoms with Gasteiger partial charge in [-0.25, -0.2) is 0 Å². The summed E-state index contributed by atoms with van der Waals surface area (Å²) >= 11 is 2.01. The SMILES string of the molecule is COCCCSCCCNc1ccccc1. The summed E-state index contributed by atoms with van der Waals surface area (Å²) in [5, 5.41) is 3.41. The molecule has 1 aromatic carbocycles. The van der Waals surface area contributed by atoms with Crippen molar-refractivity contribution in [2.24, 2.45) is 0 Å². The fraction of sp³-hybridized carbons (Fsp3) is 0.538. The van der Waals surface area contributed by atoms with Gasteiger partial charge in [-0.1, -0.05) is 18.2 Å². The minimum Gasteiger partial charge on any atom is -0.385 e. The summed E-state index contributed by atoms with van der Waals surface area (Å²) in [6.07, 6.45) is 2.37. The Bertz CT molecular complexity index is 253. The van der Waals surface area contributed by atoms with E-state index in [9.17, 15) is 0 Å². The molecular formula is C13H21NOS. The van der Waals surface area contributed by atoms with Gasteiger partial charge in [-0.05, 0) is 36.5 Å². The molecule has 1 aromatic rings. The van der Waals surface area contributed by atoms with E-state index >= 15 is 0 Å². The third-order valence-corrected chi connectivity index (χ3v) is 3.36. The number of benzene rings is 1. The van der Waals surface area contributed by atoms with E-state index in [0.29, 0.717) is 0 Å². The van der Waals surface area contributed by atoms with E-state index in [1.807, 2.05) is 17.8 Å². The lowest BCUT2D eigenvalue weighted by molar-refractivity contribution is 0.200. The first-order chi connectivity index (χ1) is 7.93. The van der Waals surface area contributed by atoms with E-state index in [1.54, 1.807) is 7.11 Å². The number of methoxy groups -OCH3 is 1. The highest BCUT2D eigenvalue weighted by atomic mass is 32.2. The number of anilines is 1. The molecule has 0 aliphatic heterocycles. The number of rotatable bonds is 9. The maximum atomic E-state index is 5.00. The molecule has 1 N–H and O–H groups in total. The van der Waals surface area contributed by atoms with Gasteiger partial charge in [0, 0.05) is 25.9 Å². The third-order valence-electron chi connectivity index (χ3n) is 2.21. The molecule has 0 atom stereocenters. The molecule has 0 aliphatic carbocycles. The smallest absolute Gasteiger partial charge is 0.0470 e. The standard InChI is InChI=1S/C13H21NOS/c1-15-10-6-12-16-11-5-9-14-13-7-3-2-4-8-13/h2-4,7-8,14H,5-6,9-12H2,1H3. The van der Waals surface area contributed by atoms with Crippen molar-refractivity contribution in [3.05, 3.63) is 30.3 Å². The van der Waals surface area contributed by atoms with Crippen LogP contribution in [-0.2, 0) is 4.74 Å². The van der Waals surface area contributed by atoms with Crippen LogP contribution in [0.15, 0.2) is 30.3 Å². The zero-order valence-electron chi connectivity index (χ0n) is 9.95. The lowest BCUT2D eigenvalue weighted by Crippen LogP contribution is -2.02. The molecule has 0 fully saturated rings. The molecule has 0 spiro atoms. The fourth-order valence-corrected chi connectivity index (χ4v) is 2.24. The number of nitrogens with one attached hydrogen (secondary N) is 1. The first-order valence-corrected chi connectivity index (χ1v) is 6.94. The van der Waals surface area contributed by atoms with Crippen LogP contribution >= 0.6 is 11.8 Å². The van der Waals surface area contributed by atoms with Crippen LogP contribution in [0, 0.1) is 0 Å². The molecule has 3 heteroatoms. The van der Waals surface area contributed by atoms with Crippen molar-refractivity contribution in [2.75, 3.05) is 37.1 Å². The van der Waals surface area contributed by atoms with Crippen LogP contribution in [0.5, 0.6) is 0 Å². The van der Waals surface area contributed by atoms with Gasteiger partial charge in [0.2, 0.25) is 0 Å². The summed E-state index contributed by atoms with van der Waals surface area (Å²) in [5.74, 6) is 2.43. The van der Waals surface area contributed by atoms with Crippen LogP contribution in [0.2, 0.25) is 0 Å². The first kappa shape index (κ1) is 13.4.